The van der Waals surface area contributed by atoms with E-state index in [2.05, 4.69) is 31.0 Å². The van der Waals surface area contributed by atoms with Gasteiger partial charge in [-0.1, -0.05) is 34.1 Å². The summed E-state index contributed by atoms with van der Waals surface area (Å²) >= 11 is 0. The van der Waals surface area contributed by atoms with Crippen LogP contribution in [0.15, 0.2) is 0 Å². The molecule has 2 unspecified atom stereocenters. The summed E-state index contributed by atoms with van der Waals surface area (Å²) in [7, 11) is -2.86. The molecule has 0 radical (unpaired) electrons. The molecule has 0 aromatic rings. The zero-order chi connectivity index (χ0) is 14.5. The largest absolute Gasteiger partial charge is 0.311 e. The molecule has 5 heteroatoms. The van der Waals surface area contributed by atoms with Crippen molar-refractivity contribution < 1.29 is 8.42 Å². The smallest absolute Gasteiger partial charge is 0.151 e. The molecule has 0 aliphatic carbocycles. The molecule has 19 heavy (non-hydrogen) atoms. The Morgan fingerprint density at radius 3 is 2.53 bits per heavy atom. The lowest BCUT2D eigenvalue weighted by molar-refractivity contribution is 0.102. The van der Waals surface area contributed by atoms with Gasteiger partial charge in [-0.2, -0.15) is 0 Å². The quantitative estimate of drug-likeness (QED) is 0.772. The summed E-state index contributed by atoms with van der Waals surface area (Å²) in [5.74, 6) is 1.11. The zero-order valence-corrected chi connectivity index (χ0v) is 13.7. The Labute approximate surface area is 118 Å². The highest BCUT2D eigenvalue weighted by atomic mass is 32.2. The predicted molar refractivity (Wildman–Crippen MR) is 81.2 cm³/mol. The number of nitrogens with one attached hydrogen (secondary N) is 1. The van der Waals surface area contributed by atoms with Crippen molar-refractivity contribution in [1.29, 1.82) is 0 Å². The summed E-state index contributed by atoms with van der Waals surface area (Å²) in [6.07, 6.45) is 2.34. The first kappa shape index (κ1) is 16.9. The minimum Gasteiger partial charge on any atom is -0.311 e. The highest BCUT2D eigenvalue weighted by Crippen LogP contribution is 2.17. The van der Waals surface area contributed by atoms with E-state index in [9.17, 15) is 8.42 Å². The molecular weight excluding hydrogens is 260 g/mol. The average Bonchev–Trinajstić information content (AvgIpc) is 2.37. The maximum atomic E-state index is 11.7. The topological polar surface area (TPSA) is 49.4 Å². The minimum absolute atomic E-state index is 0.254. The van der Waals surface area contributed by atoms with E-state index in [1.807, 2.05) is 0 Å². The van der Waals surface area contributed by atoms with E-state index < -0.39 is 9.84 Å². The molecule has 0 bridgehead atoms. The minimum atomic E-state index is -2.86. The molecule has 1 fully saturated rings. The summed E-state index contributed by atoms with van der Waals surface area (Å²) < 4.78 is 23.4. The van der Waals surface area contributed by atoms with Gasteiger partial charge in [0.25, 0.3) is 0 Å². The normalized spacial score (nSPS) is 25.9. The van der Waals surface area contributed by atoms with Crippen LogP contribution in [0.25, 0.3) is 0 Å². The Morgan fingerprint density at radius 1 is 1.32 bits per heavy atom. The second kappa shape index (κ2) is 7.60. The summed E-state index contributed by atoms with van der Waals surface area (Å²) in [5.41, 5.74) is 0. The number of nitrogens with zero attached hydrogens (tertiary/aromatic N) is 1. The third-order valence-electron chi connectivity index (χ3n) is 4.08. The van der Waals surface area contributed by atoms with Gasteiger partial charge in [0.2, 0.25) is 0 Å². The third kappa shape index (κ3) is 5.40. The Kier molecular flexibility index (Phi) is 6.77. The lowest BCUT2D eigenvalue weighted by atomic mass is 9.97. The molecule has 1 saturated heterocycles. The van der Waals surface area contributed by atoms with Crippen LogP contribution in [0, 0.1) is 5.92 Å². The monoisotopic (exact) mass is 290 g/mol. The SMILES string of the molecule is CCCC1CN(CCS(=O)(=O)CC)C(C(C)C)CN1. The van der Waals surface area contributed by atoms with E-state index in [4.69, 9.17) is 0 Å². The van der Waals surface area contributed by atoms with Gasteiger partial charge in [-0.15, -0.1) is 0 Å². The molecule has 1 rings (SSSR count). The predicted octanol–water partition coefficient (Wildman–Crippen LogP) is 1.52. The molecular formula is C14H30N2O2S. The van der Waals surface area contributed by atoms with E-state index in [0.29, 0.717) is 30.3 Å². The van der Waals surface area contributed by atoms with Crippen LogP contribution in [-0.4, -0.2) is 56.5 Å². The Bertz CT molecular complexity index is 354. The van der Waals surface area contributed by atoms with Crippen LogP contribution in [0.1, 0.15) is 40.5 Å². The molecule has 114 valence electrons. The molecule has 0 aromatic heterocycles. The number of rotatable bonds is 7. The molecule has 1 N–H and O–H groups in total. The Morgan fingerprint density at radius 2 is 2.00 bits per heavy atom. The van der Waals surface area contributed by atoms with Gasteiger partial charge in [-0.3, -0.25) is 4.90 Å². The highest BCUT2D eigenvalue weighted by Gasteiger charge is 2.29. The van der Waals surface area contributed by atoms with Crippen molar-refractivity contribution in [3.05, 3.63) is 0 Å². The first-order valence-electron chi connectivity index (χ1n) is 7.57. The second-order valence-corrected chi connectivity index (χ2v) is 8.41. The maximum Gasteiger partial charge on any atom is 0.151 e. The van der Waals surface area contributed by atoms with Crippen LogP contribution in [-0.2, 0) is 9.84 Å². The fourth-order valence-electron chi connectivity index (χ4n) is 2.76. The van der Waals surface area contributed by atoms with Gasteiger partial charge in [0.05, 0.1) is 5.75 Å². The average molecular weight is 290 g/mol. The first-order valence-corrected chi connectivity index (χ1v) is 9.39. The summed E-state index contributed by atoms with van der Waals surface area (Å²) in [6.45, 7) is 11.0. The van der Waals surface area contributed by atoms with E-state index in [1.165, 1.54) is 12.8 Å². The van der Waals surface area contributed by atoms with Crippen molar-refractivity contribution in [3.63, 3.8) is 0 Å². The maximum absolute atomic E-state index is 11.7. The van der Waals surface area contributed by atoms with Crippen LogP contribution in [0.3, 0.4) is 0 Å². The van der Waals surface area contributed by atoms with Crippen LogP contribution in [0.2, 0.25) is 0 Å². The van der Waals surface area contributed by atoms with E-state index in [-0.39, 0.29) is 5.75 Å². The van der Waals surface area contributed by atoms with Gasteiger partial charge in [-0.05, 0) is 12.3 Å². The van der Waals surface area contributed by atoms with Gasteiger partial charge < -0.3 is 5.32 Å². The van der Waals surface area contributed by atoms with Crippen molar-refractivity contribution >= 4 is 9.84 Å². The molecule has 1 aliphatic rings. The van der Waals surface area contributed by atoms with Crippen molar-refractivity contribution in [2.45, 2.75) is 52.6 Å². The molecule has 0 amide bonds. The summed E-state index contributed by atoms with van der Waals surface area (Å²) in [5, 5.41) is 3.60. The standard InChI is InChI=1S/C14H30N2O2S/c1-5-7-13-11-16(8-9-19(17,18)6-2)14(10-15-13)12(3)4/h12-15H,5-11H2,1-4H3. The molecule has 4 nitrogen and oxygen atoms in total. The van der Waals surface area contributed by atoms with Crippen LogP contribution >= 0.6 is 0 Å². The van der Waals surface area contributed by atoms with Crippen molar-refractivity contribution in [1.82, 2.24) is 10.2 Å². The lowest BCUT2D eigenvalue weighted by Crippen LogP contribution is -2.58. The van der Waals surface area contributed by atoms with Crippen LogP contribution in [0.4, 0.5) is 0 Å². The molecule has 1 aliphatic heterocycles. The fourth-order valence-corrected chi connectivity index (χ4v) is 3.56. The molecule has 0 spiro atoms. The molecule has 0 saturated carbocycles. The highest BCUT2D eigenvalue weighted by molar-refractivity contribution is 7.91. The first-order chi connectivity index (χ1) is 8.89. The number of hydrogen-bond acceptors (Lipinski definition) is 4. The summed E-state index contributed by atoms with van der Waals surface area (Å²) in [4.78, 5) is 2.38. The Balaban J connectivity index is 2.61. The second-order valence-electron chi connectivity index (χ2n) is 5.94. The van der Waals surface area contributed by atoms with Gasteiger partial charge >= 0.3 is 0 Å². The van der Waals surface area contributed by atoms with Crippen molar-refractivity contribution in [2.24, 2.45) is 5.92 Å². The van der Waals surface area contributed by atoms with Crippen molar-refractivity contribution in [3.8, 4) is 0 Å². The van der Waals surface area contributed by atoms with E-state index in [0.717, 1.165) is 13.1 Å². The van der Waals surface area contributed by atoms with E-state index >= 15 is 0 Å². The van der Waals surface area contributed by atoms with Gasteiger partial charge in [0, 0.05) is 37.5 Å². The number of hydrogen-bond donors (Lipinski definition) is 1. The van der Waals surface area contributed by atoms with E-state index in [1.54, 1.807) is 6.92 Å². The van der Waals surface area contributed by atoms with Crippen LogP contribution in [0.5, 0.6) is 0 Å². The van der Waals surface area contributed by atoms with Crippen molar-refractivity contribution in [2.75, 3.05) is 31.1 Å². The molecule has 0 aromatic carbocycles. The number of piperazine rings is 1. The van der Waals surface area contributed by atoms with Gasteiger partial charge in [0.15, 0.2) is 9.84 Å². The summed E-state index contributed by atoms with van der Waals surface area (Å²) in [6, 6.07) is 0.976. The molecule has 1 heterocycles. The fraction of sp³-hybridized carbons (Fsp3) is 1.00. The third-order valence-corrected chi connectivity index (χ3v) is 5.76. The van der Waals surface area contributed by atoms with Crippen LogP contribution < -0.4 is 5.32 Å². The zero-order valence-electron chi connectivity index (χ0n) is 12.9. The lowest BCUT2D eigenvalue weighted by Gasteiger charge is -2.42. The molecule has 2 atom stereocenters. The van der Waals surface area contributed by atoms with Gasteiger partial charge in [-0.25, -0.2) is 8.42 Å². The Hall–Kier alpha value is -0.130. The number of sulfone groups is 1. The van der Waals surface area contributed by atoms with Gasteiger partial charge in [0.1, 0.15) is 0 Å².